The molecule has 5 rings (SSSR count). The van der Waals surface area contributed by atoms with Gasteiger partial charge in [0.2, 0.25) is 0 Å². The molecular formula is C25H27N7O. The molecule has 1 aliphatic rings. The van der Waals surface area contributed by atoms with E-state index in [4.69, 9.17) is 0 Å². The molecule has 0 aliphatic carbocycles. The van der Waals surface area contributed by atoms with Crippen LogP contribution in [0.25, 0.3) is 22.0 Å². The lowest BCUT2D eigenvalue weighted by Crippen LogP contribution is -2.44. The Morgan fingerprint density at radius 2 is 1.79 bits per heavy atom. The third-order valence-corrected chi connectivity index (χ3v) is 6.10. The van der Waals surface area contributed by atoms with Crippen molar-refractivity contribution in [3.63, 3.8) is 0 Å². The van der Waals surface area contributed by atoms with Crippen LogP contribution < -0.4 is 4.90 Å². The molecule has 0 amide bonds. The number of carbonyl (C=O) groups is 1. The Morgan fingerprint density at radius 3 is 2.55 bits per heavy atom. The van der Waals surface area contributed by atoms with Gasteiger partial charge in [-0.25, -0.2) is 4.98 Å². The predicted octanol–water partition coefficient (Wildman–Crippen LogP) is 2.91. The number of rotatable bonds is 5. The lowest BCUT2D eigenvalue weighted by molar-refractivity contribution is 0.0991. The van der Waals surface area contributed by atoms with Gasteiger partial charge in [0.15, 0.2) is 5.78 Å². The minimum Gasteiger partial charge on any atom is -0.354 e. The summed E-state index contributed by atoms with van der Waals surface area (Å²) in [6.45, 7) is 5.75. The van der Waals surface area contributed by atoms with Crippen LogP contribution in [0.1, 0.15) is 21.7 Å². The third-order valence-electron chi connectivity index (χ3n) is 6.10. The fourth-order valence-corrected chi connectivity index (χ4v) is 4.20. The number of aromatic nitrogens is 5. The van der Waals surface area contributed by atoms with Gasteiger partial charge in [0, 0.05) is 61.6 Å². The van der Waals surface area contributed by atoms with Gasteiger partial charge in [0.05, 0.1) is 23.8 Å². The Labute approximate surface area is 192 Å². The van der Waals surface area contributed by atoms with Gasteiger partial charge in [0.25, 0.3) is 0 Å². The number of benzene rings is 1. The minimum atomic E-state index is 0.0212. The second kappa shape index (κ2) is 8.71. The fourth-order valence-electron chi connectivity index (χ4n) is 4.20. The number of anilines is 1. The van der Waals surface area contributed by atoms with E-state index in [1.54, 1.807) is 4.68 Å². The van der Waals surface area contributed by atoms with Crippen LogP contribution in [0.3, 0.4) is 0 Å². The first-order chi connectivity index (χ1) is 15.9. The first-order valence-corrected chi connectivity index (χ1v) is 11.2. The summed E-state index contributed by atoms with van der Waals surface area (Å²) in [7, 11) is 4.02. The first-order valence-electron chi connectivity index (χ1n) is 11.2. The molecule has 0 N–H and O–H groups in total. The molecule has 0 bridgehead atoms. The summed E-state index contributed by atoms with van der Waals surface area (Å²) < 4.78 is 1.78. The maximum absolute atomic E-state index is 13.1. The fraction of sp³-hybridized carbons (Fsp3) is 0.320. The van der Waals surface area contributed by atoms with Gasteiger partial charge in [-0.3, -0.25) is 9.48 Å². The van der Waals surface area contributed by atoms with Gasteiger partial charge in [0.1, 0.15) is 5.82 Å². The summed E-state index contributed by atoms with van der Waals surface area (Å²) in [4.78, 5) is 22.4. The van der Waals surface area contributed by atoms with Crippen molar-refractivity contribution in [2.24, 2.45) is 7.05 Å². The zero-order valence-corrected chi connectivity index (χ0v) is 19.2. The zero-order valence-electron chi connectivity index (χ0n) is 19.2. The van der Waals surface area contributed by atoms with Gasteiger partial charge in [-0.15, -0.1) is 0 Å². The normalized spacial score (nSPS) is 14.7. The van der Waals surface area contributed by atoms with Gasteiger partial charge >= 0.3 is 0 Å². The van der Waals surface area contributed by atoms with Crippen molar-refractivity contribution in [1.29, 1.82) is 0 Å². The van der Waals surface area contributed by atoms with Crippen LogP contribution in [0, 0.1) is 6.92 Å². The van der Waals surface area contributed by atoms with Crippen LogP contribution in [-0.4, -0.2) is 68.9 Å². The van der Waals surface area contributed by atoms with Crippen molar-refractivity contribution < 1.29 is 4.79 Å². The third kappa shape index (κ3) is 4.61. The monoisotopic (exact) mass is 441 g/mol. The quantitative estimate of drug-likeness (QED) is 0.441. The van der Waals surface area contributed by atoms with Crippen LogP contribution in [0.2, 0.25) is 0 Å². The van der Waals surface area contributed by atoms with E-state index in [9.17, 15) is 4.79 Å². The minimum absolute atomic E-state index is 0.0212. The molecule has 4 aromatic rings. The summed E-state index contributed by atoms with van der Waals surface area (Å²) in [6.07, 6.45) is 4.01. The first kappa shape index (κ1) is 21.2. The lowest BCUT2D eigenvalue weighted by atomic mass is 10.0. The molecule has 1 aromatic carbocycles. The highest BCUT2D eigenvalue weighted by atomic mass is 16.1. The van der Waals surface area contributed by atoms with E-state index in [2.05, 4.69) is 43.2 Å². The molecule has 0 unspecified atom stereocenters. The van der Waals surface area contributed by atoms with Gasteiger partial charge in [-0.1, -0.05) is 6.07 Å². The number of pyridine rings is 1. The number of aryl methyl sites for hydroxylation is 2. The van der Waals surface area contributed by atoms with Crippen molar-refractivity contribution >= 4 is 22.5 Å². The molecule has 33 heavy (non-hydrogen) atoms. The van der Waals surface area contributed by atoms with Crippen LogP contribution in [-0.2, 0) is 13.5 Å². The molecule has 4 heterocycles. The number of hydrogen-bond donors (Lipinski definition) is 0. The molecule has 1 aliphatic heterocycles. The van der Waals surface area contributed by atoms with E-state index in [1.807, 2.05) is 56.7 Å². The van der Waals surface area contributed by atoms with E-state index in [0.717, 1.165) is 59.7 Å². The van der Waals surface area contributed by atoms with E-state index >= 15 is 0 Å². The van der Waals surface area contributed by atoms with Crippen molar-refractivity contribution in [2.45, 2.75) is 13.3 Å². The molecule has 3 aromatic heterocycles. The molecule has 8 nitrogen and oxygen atoms in total. The highest BCUT2D eigenvalue weighted by Gasteiger charge is 2.18. The van der Waals surface area contributed by atoms with Crippen LogP contribution in [0.5, 0.6) is 0 Å². The van der Waals surface area contributed by atoms with Gasteiger partial charge in [-0.05, 0) is 49.9 Å². The smallest absolute Gasteiger partial charge is 0.169 e. The van der Waals surface area contributed by atoms with E-state index in [-0.39, 0.29) is 12.2 Å². The van der Waals surface area contributed by atoms with E-state index in [1.165, 1.54) is 0 Å². The maximum atomic E-state index is 13.1. The Balaban J connectivity index is 1.38. The zero-order chi connectivity index (χ0) is 22.9. The lowest BCUT2D eigenvalue weighted by Gasteiger charge is -2.33. The summed E-state index contributed by atoms with van der Waals surface area (Å²) in [5.74, 6) is 0.894. The topological polar surface area (TPSA) is 80.0 Å². The average Bonchev–Trinajstić information content (AvgIpc) is 3.25. The number of likely N-dealkylation sites (N-methyl/N-ethyl adjacent to an activating group) is 1. The highest BCUT2D eigenvalue weighted by molar-refractivity contribution is 5.98. The second-order valence-corrected chi connectivity index (χ2v) is 8.76. The molecule has 0 atom stereocenters. The van der Waals surface area contributed by atoms with Crippen molar-refractivity contribution in [3.05, 3.63) is 65.7 Å². The number of fused-ring (bicyclic) bond motifs is 1. The van der Waals surface area contributed by atoms with Crippen molar-refractivity contribution in [2.75, 3.05) is 38.1 Å². The Morgan fingerprint density at radius 1 is 0.970 bits per heavy atom. The molecule has 168 valence electrons. The molecular weight excluding hydrogens is 414 g/mol. The molecule has 1 fully saturated rings. The standard InChI is InChI=1S/C25H27N7O/c1-17-10-20(13-25(27-17)32-8-6-30(2)7-9-32)24(33)14-22-12-19-11-18(4-5-23(19)29-28-22)21-15-26-31(3)16-21/h4-5,10-13,15-16H,6-9,14H2,1-3H3. The number of Topliss-reactive ketones (excluding diaryl/α,β-unsaturated/α-hetero) is 1. The summed E-state index contributed by atoms with van der Waals surface area (Å²) >= 11 is 0. The van der Waals surface area contributed by atoms with Crippen molar-refractivity contribution in [1.82, 2.24) is 29.9 Å². The van der Waals surface area contributed by atoms with Gasteiger partial charge in [-0.2, -0.15) is 15.3 Å². The van der Waals surface area contributed by atoms with Crippen LogP contribution in [0.15, 0.2) is 48.8 Å². The summed E-state index contributed by atoms with van der Waals surface area (Å²) in [6, 6.07) is 11.8. The van der Waals surface area contributed by atoms with Gasteiger partial charge < -0.3 is 9.80 Å². The Kier molecular flexibility index (Phi) is 5.60. The highest BCUT2D eigenvalue weighted by Crippen LogP contribution is 2.24. The Bertz CT molecular complexity index is 1320. The van der Waals surface area contributed by atoms with Crippen LogP contribution >= 0.6 is 0 Å². The molecule has 0 spiro atoms. The van der Waals surface area contributed by atoms with Crippen molar-refractivity contribution in [3.8, 4) is 11.1 Å². The van der Waals surface area contributed by atoms with Crippen LogP contribution in [0.4, 0.5) is 5.82 Å². The largest absolute Gasteiger partial charge is 0.354 e. The Hall–Kier alpha value is -3.65. The van der Waals surface area contributed by atoms with E-state index < -0.39 is 0 Å². The molecule has 8 heteroatoms. The number of piperazine rings is 1. The predicted molar refractivity (Wildman–Crippen MR) is 128 cm³/mol. The number of nitrogens with zero attached hydrogens (tertiary/aromatic N) is 7. The SMILES string of the molecule is Cc1cc(C(=O)Cc2cc3cc(-c4cnn(C)c4)ccc3nn2)cc(N2CCN(C)CC2)n1. The maximum Gasteiger partial charge on any atom is 0.169 e. The summed E-state index contributed by atoms with van der Waals surface area (Å²) in [5, 5.41) is 13.8. The number of ketones is 1. The number of hydrogen-bond acceptors (Lipinski definition) is 7. The number of carbonyl (C=O) groups excluding carboxylic acids is 1. The molecule has 0 radical (unpaired) electrons. The summed E-state index contributed by atoms with van der Waals surface area (Å²) in [5.41, 5.74) is 5.07. The molecule has 1 saturated heterocycles. The average molecular weight is 442 g/mol. The molecule has 0 saturated carbocycles. The van der Waals surface area contributed by atoms with E-state index in [0.29, 0.717) is 11.3 Å². The second-order valence-electron chi connectivity index (χ2n) is 8.76.